The second-order valence-corrected chi connectivity index (χ2v) is 7.88. The Labute approximate surface area is 144 Å². The van der Waals surface area contributed by atoms with Crippen LogP contribution in [0.25, 0.3) is 0 Å². The van der Waals surface area contributed by atoms with Crippen molar-refractivity contribution in [1.29, 1.82) is 0 Å². The standard InChI is InChI=1S/C17H18ClN3OS/c1-20-10-12(11-5-3-2-4-6-11)16(22)21-13(7-8-15(20)21)14-9-19-17(18)23-14/h2-6,9,12-13,15H,7-8,10H2,1H3. The lowest BCUT2D eigenvalue weighted by molar-refractivity contribution is -0.145. The van der Waals surface area contributed by atoms with E-state index in [1.165, 1.54) is 11.3 Å². The summed E-state index contributed by atoms with van der Waals surface area (Å²) in [5.74, 6) is 0.132. The third kappa shape index (κ3) is 2.57. The van der Waals surface area contributed by atoms with E-state index in [2.05, 4.69) is 21.8 Å². The third-order valence-electron chi connectivity index (χ3n) is 4.91. The number of rotatable bonds is 2. The van der Waals surface area contributed by atoms with E-state index in [0.29, 0.717) is 4.47 Å². The number of hydrogen-bond donors (Lipinski definition) is 0. The highest BCUT2D eigenvalue weighted by molar-refractivity contribution is 7.15. The fourth-order valence-electron chi connectivity index (χ4n) is 3.82. The first-order chi connectivity index (χ1) is 11.1. The Morgan fingerprint density at radius 2 is 2.04 bits per heavy atom. The summed E-state index contributed by atoms with van der Waals surface area (Å²) in [6, 6.07) is 10.2. The van der Waals surface area contributed by atoms with Crippen LogP contribution in [0, 0.1) is 0 Å². The van der Waals surface area contributed by atoms with E-state index in [1.54, 1.807) is 0 Å². The molecule has 2 fully saturated rings. The topological polar surface area (TPSA) is 36.4 Å². The molecule has 2 aromatic rings. The number of likely N-dealkylation sites (N-methyl/N-ethyl adjacent to an activating group) is 1. The number of amides is 1. The summed E-state index contributed by atoms with van der Waals surface area (Å²) >= 11 is 7.48. The van der Waals surface area contributed by atoms with E-state index in [1.807, 2.05) is 36.5 Å². The zero-order chi connectivity index (χ0) is 16.0. The normalized spacial score (nSPS) is 28.2. The molecule has 2 saturated heterocycles. The van der Waals surface area contributed by atoms with E-state index in [9.17, 15) is 4.79 Å². The van der Waals surface area contributed by atoms with Gasteiger partial charge < -0.3 is 4.90 Å². The molecule has 0 bridgehead atoms. The fraction of sp³-hybridized carbons (Fsp3) is 0.412. The van der Waals surface area contributed by atoms with Crippen molar-refractivity contribution in [3.05, 3.63) is 51.4 Å². The number of hydrogen-bond acceptors (Lipinski definition) is 4. The number of halogens is 1. The number of nitrogens with zero attached hydrogens (tertiary/aromatic N) is 3. The van der Waals surface area contributed by atoms with Gasteiger partial charge in [0, 0.05) is 17.6 Å². The fourth-order valence-corrected chi connectivity index (χ4v) is 4.91. The van der Waals surface area contributed by atoms with E-state index < -0.39 is 0 Å². The molecule has 3 unspecified atom stereocenters. The maximum atomic E-state index is 13.2. The Morgan fingerprint density at radius 3 is 2.74 bits per heavy atom. The first-order valence-electron chi connectivity index (χ1n) is 7.83. The molecule has 0 aliphatic carbocycles. The zero-order valence-corrected chi connectivity index (χ0v) is 14.4. The average Bonchev–Trinajstić information content (AvgIpc) is 3.18. The van der Waals surface area contributed by atoms with Crippen LogP contribution in [-0.4, -0.2) is 40.4 Å². The van der Waals surface area contributed by atoms with Crippen LogP contribution in [0.3, 0.4) is 0 Å². The lowest BCUT2D eigenvalue weighted by Crippen LogP contribution is -2.55. The highest BCUT2D eigenvalue weighted by Crippen LogP contribution is 2.44. The first kappa shape index (κ1) is 15.1. The van der Waals surface area contributed by atoms with Crippen molar-refractivity contribution in [1.82, 2.24) is 14.8 Å². The number of benzene rings is 1. The molecule has 4 rings (SSSR count). The van der Waals surface area contributed by atoms with Crippen molar-refractivity contribution in [2.45, 2.75) is 31.0 Å². The molecular formula is C17H18ClN3OS. The van der Waals surface area contributed by atoms with Gasteiger partial charge in [0.25, 0.3) is 0 Å². The molecule has 3 heterocycles. The van der Waals surface area contributed by atoms with Gasteiger partial charge in [0.05, 0.1) is 18.1 Å². The van der Waals surface area contributed by atoms with Crippen LogP contribution in [0.5, 0.6) is 0 Å². The van der Waals surface area contributed by atoms with Gasteiger partial charge in [-0.15, -0.1) is 11.3 Å². The van der Waals surface area contributed by atoms with Gasteiger partial charge in [-0.1, -0.05) is 41.9 Å². The summed E-state index contributed by atoms with van der Waals surface area (Å²) in [4.78, 5) is 22.8. The molecule has 4 nitrogen and oxygen atoms in total. The van der Waals surface area contributed by atoms with Gasteiger partial charge in [-0.2, -0.15) is 0 Å². The first-order valence-corrected chi connectivity index (χ1v) is 9.03. The maximum absolute atomic E-state index is 13.2. The van der Waals surface area contributed by atoms with E-state index >= 15 is 0 Å². The summed E-state index contributed by atoms with van der Waals surface area (Å²) in [5.41, 5.74) is 1.09. The Hall–Kier alpha value is -1.43. The summed E-state index contributed by atoms with van der Waals surface area (Å²) < 4.78 is 0.542. The molecule has 0 saturated carbocycles. The smallest absolute Gasteiger partial charge is 0.233 e. The Bertz CT molecular complexity index is 720. The van der Waals surface area contributed by atoms with Gasteiger partial charge in [0.15, 0.2) is 4.47 Å². The van der Waals surface area contributed by atoms with Gasteiger partial charge in [-0.25, -0.2) is 4.98 Å². The summed E-state index contributed by atoms with van der Waals surface area (Å²) in [6.07, 6.45) is 3.98. The second kappa shape index (κ2) is 5.89. The quantitative estimate of drug-likeness (QED) is 0.834. The highest BCUT2D eigenvalue weighted by Gasteiger charge is 2.47. The number of carbonyl (C=O) groups is 1. The largest absolute Gasteiger partial charge is 0.318 e. The van der Waals surface area contributed by atoms with Crippen LogP contribution >= 0.6 is 22.9 Å². The van der Waals surface area contributed by atoms with Crippen LogP contribution < -0.4 is 0 Å². The second-order valence-electron chi connectivity index (χ2n) is 6.24. The van der Waals surface area contributed by atoms with Crippen molar-refractivity contribution in [2.24, 2.45) is 0 Å². The van der Waals surface area contributed by atoms with Crippen molar-refractivity contribution in [2.75, 3.05) is 13.6 Å². The minimum absolute atomic E-state index is 0.0959. The van der Waals surface area contributed by atoms with Crippen molar-refractivity contribution >= 4 is 28.8 Å². The Balaban J connectivity index is 1.68. The summed E-state index contributed by atoms with van der Waals surface area (Å²) in [7, 11) is 2.11. The lowest BCUT2D eigenvalue weighted by Gasteiger charge is -2.43. The molecule has 0 N–H and O–H groups in total. The van der Waals surface area contributed by atoms with Gasteiger partial charge in [0.1, 0.15) is 0 Å². The lowest BCUT2D eigenvalue weighted by atomic mass is 9.94. The molecule has 3 atom stereocenters. The molecule has 1 aromatic heterocycles. The predicted octanol–water partition coefficient (Wildman–Crippen LogP) is 3.52. The van der Waals surface area contributed by atoms with E-state index in [0.717, 1.165) is 29.8 Å². The van der Waals surface area contributed by atoms with E-state index in [-0.39, 0.29) is 24.0 Å². The molecule has 6 heteroatoms. The molecule has 120 valence electrons. The highest BCUT2D eigenvalue weighted by atomic mass is 35.5. The van der Waals surface area contributed by atoms with Crippen LogP contribution in [0.15, 0.2) is 36.5 Å². The maximum Gasteiger partial charge on any atom is 0.233 e. The molecule has 0 radical (unpaired) electrons. The molecule has 2 aliphatic rings. The van der Waals surface area contributed by atoms with Crippen LogP contribution in [-0.2, 0) is 4.79 Å². The molecule has 1 aromatic carbocycles. The van der Waals surface area contributed by atoms with Crippen molar-refractivity contribution in [3.63, 3.8) is 0 Å². The number of aromatic nitrogens is 1. The van der Waals surface area contributed by atoms with Gasteiger partial charge in [-0.05, 0) is 25.5 Å². The zero-order valence-electron chi connectivity index (χ0n) is 12.9. The van der Waals surface area contributed by atoms with Crippen LogP contribution in [0.1, 0.15) is 35.2 Å². The minimum atomic E-state index is -0.0959. The van der Waals surface area contributed by atoms with Gasteiger partial charge in [-0.3, -0.25) is 9.69 Å². The third-order valence-corrected chi connectivity index (χ3v) is 6.13. The molecule has 23 heavy (non-hydrogen) atoms. The molecule has 2 aliphatic heterocycles. The predicted molar refractivity (Wildman–Crippen MR) is 91.5 cm³/mol. The Kier molecular flexibility index (Phi) is 3.87. The monoisotopic (exact) mass is 347 g/mol. The minimum Gasteiger partial charge on any atom is -0.318 e. The van der Waals surface area contributed by atoms with Gasteiger partial charge >= 0.3 is 0 Å². The molecular weight excluding hydrogens is 330 g/mol. The number of thiazole rings is 1. The number of fused-ring (bicyclic) bond motifs is 1. The van der Waals surface area contributed by atoms with Crippen LogP contribution in [0.4, 0.5) is 0 Å². The molecule has 0 spiro atoms. The summed E-state index contributed by atoms with van der Waals surface area (Å²) in [6.45, 7) is 0.778. The van der Waals surface area contributed by atoms with E-state index in [4.69, 9.17) is 11.6 Å². The average molecular weight is 348 g/mol. The summed E-state index contributed by atoms with van der Waals surface area (Å²) in [5, 5.41) is 0. The van der Waals surface area contributed by atoms with Crippen molar-refractivity contribution in [3.8, 4) is 0 Å². The van der Waals surface area contributed by atoms with Crippen LogP contribution in [0.2, 0.25) is 4.47 Å². The molecule has 1 amide bonds. The van der Waals surface area contributed by atoms with Crippen molar-refractivity contribution < 1.29 is 4.79 Å². The SMILES string of the molecule is CN1CC(c2ccccc2)C(=O)N2C(c3cnc(Cl)s3)CCC12. The number of carbonyl (C=O) groups excluding carboxylic acids is 1. The van der Waals surface area contributed by atoms with Gasteiger partial charge in [0.2, 0.25) is 5.91 Å². The Morgan fingerprint density at radius 1 is 1.26 bits per heavy atom.